The van der Waals surface area contributed by atoms with Gasteiger partial charge in [0.1, 0.15) is 0 Å². The summed E-state index contributed by atoms with van der Waals surface area (Å²) in [6.07, 6.45) is 1.05. The Kier molecular flexibility index (Phi) is 8.80. The van der Waals surface area contributed by atoms with Crippen molar-refractivity contribution in [2.24, 2.45) is 0 Å². The van der Waals surface area contributed by atoms with E-state index in [-0.39, 0.29) is 35.6 Å². The fraction of sp³-hybridized carbons (Fsp3) is 0.0556. The van der Waals surface area contributed by atoms with Crippen LogP contribution in [-0.4, -0.2) is 0 Å². The van der Waals surface area contributed by atoms with Crippen LogP contribution in [0, 0.1) is 6.07 Å². The summed E-state index contributed by atoms with van der Waals surface area (Å²) in [5.74, 6) is 0. The smallest absolute Gasteiger partial charge is 1.00 e. The van der Waals surface area contributed by atoms with Crippen LogP contribution in [0.3, 0.4) is 0 Å². The Morgan fingerprint density at radius 3 is 2.14 bits per heavy atom. The number of fused-ring (bicyclic) bond motifs is 3. The zero-order valence-corrected chi connectivity index (χ0v) is 13.8. The molecule has 0 saturated carbocycles. The van der Waals surface area contributed by atoms with Gasteiger partial charge in [-0.05, 0) is 6.42 Å². The van der Waals surface area contributed by atoms with E-state index in [1.54, 1.807) is 0 Å². The molecule has 104 valence electrons. The number of hydrogen-bond donors (Lipinski definition) is 0. The Labute approximate surface area is 143 Å². The molecule has 0 spiro atoms. The second-order valence-electron chi connectivity index (χ2n) is 4.36. The molecule has 0 amide bonds. The molecule has 0 radical (unpaired) electrons. The average Bonchev–Trinajstić information content (AvgIpc) is 3.10. The van der Waals surface area contributed by atoms with Gasteiger partial charge in [-0.15, -0.1) is 5.56 Å². The van der Waals surface area contributed by atoms with Crippen LogP contribution in [0.5, 0.6) is 0 Å². The first-order valence-corrected chi connectivity index (χ1v) is 6.20. The van der Waals surface area contributed by atoms with E-state index in [1.807, 2.05) is 36.4 Å². The van der Waals surface area contributed by atoms with E-state index < -0.39 is 0 Å². The Balaban J connectivity index is 0.000000437. The third-order valence-corrected chi connectivity index (χ3v) is 3.17. The molecule has 0 aromatic heterocycles. The van der Waals surface area contributed by atoms with Gasteiger partial charge in [0.2, 0.25) is 0 Å². The number of hydrogen-bond acceptors (Lipinski definition) is 0. The molecular weight excluding hydrogens is 345 g/mol. The molecule has 0 saturated heterocycles. The van der Waals surface area contributed by atoms with Gasteiger partial charge >= 0.3 is 26.2 Å². The molecule has 4 rings (SSSR count). The number of halogens is 2. The molecule has 3 heteroatoms. The molecule has 0 fully saturated rings. The predicted molar refractivity (Wildman–Crippen MR) is 75.6 cm³/mol. The Morgan fingerprint density at radius 1 is 0.810 bits per heavy atom. The fourth-order valence-electron chi connectivity index (χ4n) is 2.32. The summed E-state index contributed by atoms with van der Waals surface area (Å²) in [5.41, 5.74) is 5.51. The predicted octanol–water partition coefficient (Wildman–Crippen LogP) is -1.53. The maximum Gasteiger partial charge on any atom is 4.00 e. The first kappa shape index (κ1) is 19.5. The van der Waals surface area contributed by atoms with E-state index >= 15 is 0 Å². The van der Waals surface area contributed by atoms with Crippen molar-refractivity contribution in [3.63, 3.8) is 0 Å². The van der Waals surface area contributed by atoms with Crippen molar-refractivity contribution in [2.75, 3.05) is 0 Å². The van der Waals surface area contributed by atoms with Crippen LogP contribution in [0.1, 0.15) is 11.1 Å². The van der Waals surface area contributed by atoms with Crippen molar-refractivity contribution in [1.29, 1.82) is 0 Å². The van der Waals surface area contributed by atoms with Gasteiger partial charge in [-0.1, -0.05) is 35.4 Å². The summed E-state index contributed by atoms with van der Waals surface area (Å²) < 4.78 is 0. The summed E-state index contributed by atoms with van der Waals surface area (Å²) in [5, 5.41) is 0. The third kappa shape index (κ3) is 4.51. The van der Waals surface area contributed by atoms with Crippen LogP contribution in [0.4, 0.5) is 0 Å². The van der Waals surface area contributed by atoms with E-state index in [0.717, 1.165) is 6.42 Å². The van der Waals surface area contributed by atoms with E-state index in [9.17, 15) is 0 Å². The zero-order valence-electron chi connectivity index (χ0n) is 11.4. The monoisotopic (exact) mass is 358 g/mol. The SMILES string of the molecule is [F-].[F-].[Zr+4].[c-]1cccc2c1Cc1ccccc1-2.c1cc[cH-]c1. The van der Waals surface area contributed by atoms with Gasteiger partial charge in [0.05, 0.1) is 0 Å². The van der Waals surface area contributed by atoms with Gasteiger partial charge in [-0.2, -0.15) is 48.0 Å². The molecular formula is C18H14F2Zr. The number of rotatable bonds is 0. The molecule has 0 nitrogen and oxygen atoms in total. The maximum atomic E-state index is 3.30. The minimum Gasteiger partial charge on any atom is -1.00 e. The Morgan fingerprint density at radius 2 is 1.48 bits per heavy atom. The largest absolute Gasteiger partial charge is 4.00 e. The van der Waals surface area contributed by atoms with Crippen LogP contribution in [-0.2, 0) is 32.6 Å². The van der Waals surface area contributed by atoms with Crippen molar-refractivity contribution < 1.29 is 35.6 Å². The van der Waals surface area contributed by atoms with E-state index in [1.165, 1.54) is 22.3 Å². The standard InChI is InChI=1S/C13H9.C5H5.2FH.Zr/c1-3-7-12-10(5-1)9-11-6-2-4-8-13(11)12;1-2-4-5-3-1;;;/h1-5,7-8H,9H2;1-5H;2*1H;/q2*-1;;;+4/p-2. The van der Waals surface area contributed by atoms with E-state index in [0.29, 0.717) is 0 Å². The summed E-state index contributed by atoms with van der Waals surface area (Å²) >= 11 is 0. The van der Waals surface area contributed by atoms with Gasteiger partial charge in [0, 0.05) is 0 Å². The van der Waals surface area contributed by atoms with Crippen molar-refractivity contribution >= 4 is 0 Å². The van der Waals surface area contributed by atoms with Crippen molar-refractivity contribution in [2.45, 2.75) is 6.42 Å². The molecule has 0 aliphatic heterocycles. The van der Waals surface area contributed by atoms with Crippen LogP contribution in [0.2, 0.25) is 0 Å². The van der Waals surface area contributed by atoms with Crippen LogP contribution in [0.25, 0.3) is 11.1 Å². The summed E-state index contributed by atoms with van der Waals surface area (Å²) in [4.78, 5) is 0. The fourth-order valence-corrected chi connectivity index (χ4v) is 2.32. The number of benzene rings is 2. The van der Waals surface area contributed by atoms with E-state index in [2.05, 4.69) is 42.5 Å². The average molecular weight is 360 g/mol. The molecule has 0 unspecified atom stereocenters. The first-order valence-electron chi connectivity index (χ1n) is 6.20. The second-order valence-corrected chi connectivity index (χ2v) is 4.36. The van der Waals surface area contributed by atoms with Crippen molar-refractivity contribution in [3.8, 4) is 11.1 Å². The molecule has 0 heterocycles. The molecule has 3 aromatic rings. The Hall–Kier alpha value is -1.47. The second kappa shape index (κ2) is 9.47. The summed E-state index contributed by atoms with van der Waals surface area (Å²) in [7, 11) is 0. The molecule has 1 aliphatic rings. The first-order chi connectivity index (χ1) is 8.95. The summed E-state index contributed by atoms with van der Waals surface area (Å²) in [6.45, 7) is 0. The molecule has 3 aromatic carbocycles. The molecule has 0 atom stereocenters. The van der Waals surface area contributed by atoms with Crippen LogP contribution in [0.15, 0.2) is 72.8 Å². The van der Waals surface area contributed by atoms with Gasteiger partial charge in [-0.25, -0.2) is 12.1 Å². The quantitative estimate of drug-likeness (QED) is 0.334. The molecule has 21 heavy (non-hydrogen) atoms. The maximum absolute atomic E-state index is 3.30. The third-order valence-electron chi connectivity index (χ3n) is 3.17. The summed E-state index contributed by atoms with van der Waals surface area (Å²) in [6, 6.07) is 28.1. The minimum atomic E-state index is 0. The van der Waals surface area contributed by atoms with Gasteiger partial charge in [0.15, 0.2) is 0 Å². The van der Waals surface area contributed by atoms with Gasteiger partial charge in [-0.3, -0.25) is 0 Å². The van der Waals surface area contributed by atoms with Gasteiger partial charge < -0.3 is 9.41 Å². The molecule has 0 bridgehead atoms. The zero-order chi connectivity index (χ0) is 12.2. The minimum absolute atomic E-state index is 0. The van der Waals surface area contributed by atoms with Crippen LogP contribution >= 0.6 is 0 Å². The normalized spacial score (nSPS) is 9.52. The van der Waals surface area contributed by atoms with Crippen molar-refractivity contribution in [1.82, 2.24) is 0 Å². The molecule has 1 aliphatic carbocycles. The van der Waals surface area contributed by atoms with Gasteiger partial charge in [0.25, 0.3) is 0 Å². The van der Waals surface area contributed by atoms with E-state index in [4.69, 9.17) is 0 Å². The topological polar surface area (TPSA) is 0 Å². The Bertz CT molecular complexity index is 573. The van der Waals surface area contributed by atoms with Crippen molar-refractivity contribution in [3.05, 3.63) is 90.0 Å². The molecule has 0 N–H and O–H groups in total. The van der Waals surface area contributed by atoms with Crippen LogP contribution < -0.4 is 9.41 Å².